The number of halogens is 3. The zero-order valence-electron chi connectivity index (χ0n) is 16.2. The number of fused-ring (bicyclic) bond motifs is 1. The molecule has 1 heterocycles. The summed E-state index contributed by atoms with van der Waals surface area (Å²) in [6.45, 7) is 1.36. The van der Waals surface area contributed by atoms with Crippen LogP contribution in [0.15, 0.2) is 48.5 Å². The van der Waals surface area contributed by atoms with Crippen LogP contribution < -0.4 is 16.4 Å². The SMILES string of the molecule is CCNC(=O)C(O)(c1ccc2nc(NC(=O)[C@@H](N)c3ccccc3)sc2c1)C(F)(F)F. The monoisotopic (exact) mass is 452 g/mol. The van der Waals surface area contributed by atoms with Gasteiger partial charge in [-0.25, -0.2) is 4.98 Å². The topological polar surface area (TPSA) is 117 Å². The molecule has 1 unspecified atom stereocenters. The third-order valence-corrected chi connectivity index (χ3v) is 5.49. The summed E-state index contributed by atoms with van der Waals surface area (Å²) in [5, 5.41) is 15.0. The molecule has 0 saturated carbocycles. The first kappa shape index (κ1) is 22.7. The zero-order chi connectivity index (χ0) is 22.8. The highest BCUT2D eigenvalue weighted by atomic mass is 32.1. The number of hydrogen-bond donors (Lipinski definition) is 4. The number of aliphatic hydroxyl groups is 1. The number of nitrogens with one attached hydrogen (secondary N) is 2. The lowest BCUT2D eigenvalue weighted by Crippen LogP contribution is -2.54. The van der Waals surface area contributed by atoms with Gasteiger partial charge in [-0.3, -0.25) is 9.59 Å². The lowest BCUT2D eigenvalue weighted by Gasteiger charge is -2.29. The van der Waals surface area contributed by atoms with E-state index in [4.69, 9.17) is 5.73 Å². The van der Waals surface area contributed by atoms with Gasteiger partial charge >= 0.3 is 6.18 Å². The lowest BCUT2D eigenvalue weighted by atomic mass is 9.92. The molecule has 2 aromatic carbocycles. The van der Waals surface area contributed by atoms with Crippen molar-refractivity contribution in [3.63, 3.8) is 0 Å². The molecule has 0 aliphatic heterocycles. The van der Waals surface area contributed by atoms with Crippen molar-refractivity contribution in [2.45, 2.75) is 24.7 Å². The van der Waals surface area contributed by atoms with Gasteiger partial charge in [0.05, 0.1) is 10.2 Å². The Bertz CT molecular complexity index is 1100. The molecule has 0 aliphatic rings. The largest absolute Gasteiger partial charge is 0.430 e. The van der Waals surface area contributed by atoms with Crippen molar-refractivity contribution in [3.8, 4) is 0 Å². The van der Waals surface area contributed by atoms with Crippen LogP contribution in [0.4, 0.5) is 18.3 Å². The summed E-state index contributed by atoms with van der Waals surface area (Å²) >= 11 is 0.895. The smallest absolute Gasteiger partial charge is 0.369 e. The fraction of sp³-hybridized carbons (Fsp3) is 0.250. The molecule has 3 rings (SSSR count). The molecule has 2 atom stereocenters. The van der Waals surface area contributed by atoms with E-state index in [1.165, 1.54) is 13.0 Å². The van der Waals surface area contributed by atoms with Crippen LogP contribution in [0.25, 0.3) is 10.2 Å². The molecule has 11 heteroatoms. The Morgan fingerprint density at radius 1 is 1.19 bits per heavy atom. The predicted molar refractivity (Wildman–Crippen MR) is 110 cm³/mol. The Hall–Kier alpha value is -3.02. The number of thiazole rings is 1. The van der Waals surface area contributed by atoms with Gasteiger partial charge in [-0.05, 0) is 24.6 Å². The molecule has 0 spiro atoms. The van der Waals surface area contributed by atoms with E-state index in [0.717, 1.165) is 23.5 Å². The van der Waals surface area contributed by atoms with Crippen LogP contribution in [0, 0.1) is 0 Å². The quantitative estimate of drug-likeness (QED) is 0.459. The molecule has 3 aromatic rings. The van der Waals surface area contributed by atoms with Crippen LogP contribution in [0.1, 0.15) is 24.1 Å². The number of benzene rings is 2. The standard InChI is InChI=1S/C20H19F3N4O3S/c1-2-25-17(29)19(30,20(21,22)23)12-8-9-13-14(10-12)31-18(26-13)27-16(28)15(24)11-6-4-3-5-7-11/h3-10,15,30H,2,24H2,1H3,(H,25,29)(H,26,27,28)/t15-,19?/m0/s1. The number of carbonyl (C=O) groups excluding carboxylic acids is 2. The maximum Gasteiger partial charge on any atom is 0.430 e. The number of amides is 2. The number of anilines is 1. The fourth-order valence-corrected chi connectivity index (χ4v) is 3.82. The number of nitrogens with zero attached hydrogens (tertiary/aromatic N) is 1. The van der Waals surface area contributed by atoms with Crippen LogP contribution in [-0.4, -0.2) is 34.6 Å². The first-order valence-corrected chi connectivity index (χ1v) is 9.99. The summed E-state index contributed by atoms with van der Waals surface area (Å²) in [7, 11) is 0. The van der Waals surface area contributed by atoms with Gasteiger partial charge in [0.2, 0.25) is 5.91 Å². The molecule has 1 aromatic heterocycles. The van der Waals surface area contributed by atoms with Crippen LogP contribution in [0.3, 0.4) is 0 Å². The van der Waals surface area contributed by atoms with Crippen LogP contribution in [0.5, 0.6) is 0 Å². The van der Waals surface area contributed by atoms with Gasteiger partial charge in [-0.15, -0.1) is 0 Å². The van der Waals surface area contributed by atoms with Gasteiger partial charge in [-0.2, -0.15) is 13.2 Å². The molecule has 0 radical (unpaired) electrons. The molecule has 0 saturated heterocycles. The number of aromatic nitrogens is 1. The molecule has 31 heavy (non-hydrogen) atoms. The Morgan fingerprint density at radius 2 is 1.87 bits per heavy atom. The van der Waals surface area contributed by atoms with E-state index in [-0.39, 0.29) is 21.9 Å². The second-order valence-electron chi connectivity index (χ2n) is 6.65. The molecule has 5 N–H and O–H groups in total. The van der Waals surface area contributed by atoms with E-state index in [1.54, 1.807) is 30.3 Å². The second kappa shape index (κ2) is 8.61. The molecule has 0 bridgehead atoms. The van der Waals surface area contributed by atoms with Crippen molar-refractivity contribution >= 4 is 38.5 Å². The predicted octanol–water partition coefficient (Wildman–Crippen LogP) is 2.82. The van der Waals surface area contributed by atoms with E-state index in [9.17, 15) is 27.9 Å². The minimum absolute atomic E-state index is 0.0854. The van der Waals surface area contributed by atoms with Gasteiger partial charge in [0.1, 0.15) is 6.04 Å². The summed E-state index contributed by atoms with van der Waals surface area (Å²) in [6, 6.07) is 10.9. The number of likely N-dealkylation sites (N-methyl/N-ethyl adjacent to an activating group) is 1. The van der Waals surface area contributed by atoms with E-state index < -0.39 is 35.2 Å². The zero-order valence-corrected chi connectivity index (χ0v) is 17.1. The molecule has 2 amide bonds. The fourth-order valence-electron chi connectivity index (χ4n) is 2.91. The molecular formula is C20H19F3N4O3S. The van der Waals surface area contributed by atoms with Gasteiger partial charge in [-0.1, -0.05) is 47.7 Å². The van der Waals surface area contributed by atoms with Crippen molar-refractivity contribution < 1.29 is 27.9 Å². The lowest BCUT2D eigenvalue weighted by molar-refractivity contribution is -0.256. The van der Waals surface area contributed by atoms with E-state index >= 15 is 0 Å². The molecule has 164 valence electrons. The first-order valence-electron chi connectivity index (χ1n) is 9.17. The summed E-state index contributed by atoms with van der Waals surface area (Å²) in [4.78, 5) is 28.6. The normalized spacial score (nSPS) is 14.6. The third-order valence-electron chi connectivity index (χ3n) is 4.55. The first-order chi connectivity index (χ1) is 14.6. The maximum absolute atomic E-state index is 13.6. The minimum Gasteiger partial charge on any atom is -0.369 e. The van der Waals surface area contributed by atoms with E-state index in [0.29, 0.717) is 5.56 Å². The number of rotatable bonds is 6. The Balaban J connectivity index is 1.90. The average molecular weight is 452 g/mol. The average Bonchev–Trinajstić information content (AvgIpc) is 3.13. The van der Waals surface area contributed by atoms with Crippen LogP contribution in [0.2, 0.25) is 0 Å². The van der Waals surface area contributed by atoms with Crippen LogP contribution in [-0.2, 0) is 15.2 Å². The third kappa shape index (κ3) is 4.38. The molecular weight excluding hydrogens is 433 g/mol. The maximum atomic E-state index is 13.6. The number of carbonyl (C=O) groups is 2. The van der Waals surface area contributed by atoms with Crippen molar-refractivity contribution in [1.29, 1.82) is 0 Å². The van der Waals surface area contributed by atoms with Gasteiger partial charge in [0, 0.05) is 12.1 Å². The highest BCUT2D eigenvalue weighted by Gasteiger charge is 2.60. The summed E-state index contributed by atoms with van der Waals surface area (Å²) in [6.07, 6.45) is -5.25. The number of hydrogen-bond acceptors (Lipinski definition) is 6. The summed E-state index contributed by atoms with van der Waals surface area (Å²) < 4.78 is 41.0. The molecule has 7 nitrogen and oxygen atoms in total. The minimum atomic E-state index is -5.25. The Kier molecular flexibility index (Phi) is 6.30. The van der Waals surface area contributed by atoms with Gasteiger partial charge in [0.15, 0.2) is 5.13 Å². The van der Waals surface area contributed by atoms with Gasteiger partial charge in [0.25, 0.3) is 11.5 Å². The highest BCUT2D eigenvalue weighted by Crippen LogP contribution is 2.41. The second-order valence-corrected chi connectivity index (χ2v) is 7.68. The molecule has 0 aliphatic carbocycles. The highest BCUT2D eigenvalue weighted by molar-refractivity contribution is 7.22. The van der Waals surface area contributed by atoms with Crippen LogP contribution >= 0.6 is 11.3 Å². The van der Waals surface area contributed by atoms with E-state index in [1.807, 2.05) is 5.32 Å². The van der Waals surface area contributed by atoms with Crippen molar-refractivity contribution in [3.05, 3.63) is 59.7 Å². The van der Waals surface area contributed by atoms with Crippen molar-refractivity contribution in [1.82, 2.24) is 10.3 Å². The summed E-state index contributed by atoms with van der Waals surface area (Å²) in [5.74, 6) is -2.12. The Morgan fingerprint density at radius 3 is 2.48 bits per heavy atom. The van der Waals surface area contributed by atoms with E-state index in [2.05, 4.69) is 10.3 Å². The summed E-state index contributed by atoms with van der Waals surface area (Å²) in [5.41, 5.74) is 2.43. The Labute approximate surface area is 179 Å². The number of alkyl halides is 3. The number of nitrogens with two attached hydrogens (primary N) is 1. The van der Waals surface area contributed by atoms with Gasteiger partial charge < -0.3 is 21.5 Å². The molecule has 0 fully saturated rings. The van der Waals surface area contributed by atoms with Crippen molar-refractivity contribution in [2.24, 2.45) is 5.73 Å². The van der Waals surface area contributed by atoms with Crippen molar-refractivity contribution in [2.75, 3.05) is 11.9 Å².